The molecule has 0 saturated heterocycles. The summed E-state index contributed by atoms with van der Waals surface area (Å²) in [7, 11) is 1.58. The van der Waals surface area contributed by atoms with Gasteiger partial charge in [0.1, 0.15) is 5.75 Å². The van der Waals surface area contributed by atoms with Gasteiger partial charge in [0.05, 0.1) is 12.7 Å². The van der Waals surface area contributed by atoms with Crippen molar-refractivity contribution in [3.63, 3.8) is 0 Å². The zero-order chi connectivity index (χ0) is 14.1. The van der Waals surface area contributed by atoms with Crippen LogP contribution in [0.15, 0.2) is 18.2 Å². The molecule has 20 heavy (non-hydrogen) atoms. The van der Waals surface area contributed by atoms with Crippen molar-refractivity contribution in [1.29, 1.82) is 0 Å². The maximum Gasteiger partial charge on any atom is 0.257 e. The first-order valence-electron chi connectivity index (χ1n) is 7.40. The predicted molar refractivity (Wildman–Crippen MR) is 78.8 cm³/mol. The quantitative estimate of drug-likeness (QED) is 0.811. The van der Waals surface area contributed by atoms with E-state index < -0.39 is 0 Å². The highest BCUT2D eigenvalue weighted by molar-refractivity contribution is 5.97. The second-order valence-electron chi connectivity index (χ2n) is 6.06. The van der Waals surface area contributed by atoms with Crippen LogP contribution >= 0.6 is 0 Å². The van der Waals surface area contributed by atoms with Crippen LogP contribution in [0.3, 0.4) is 0 Å². The Hall–Kier alpha value is -1.71. The SMILES string of the molecule is COc1cc(N)ccc1C(=O)N(CC1CC1)CC1CC1. The number of amides is 1. The molecule has 0 heterocycles. The third-order valence-electron chi connectivity index (χ3n) is 4.09. The van der Waals surface area contributed by atoms with Gasteiger partial charge in [-0.2, -0.15) is 0 Å². The first-order chi connectivity index (χ1) is 9.67. The number of carbonyl (C=O) groups is 1. The molecule has 108 valence electrons. The van der Waals surface area contributed by atoms with Crippen molar-refractivity contribution < 1.29 is 9.53 Å². The van der Waals surface area contributed by atoms with Gasteiger partial charge in [0.15, 0.2) is 0 Å². The molecule has 0 radical (unpaired) electrons. The summed E-state index contributed by atoms with van der Waals surface area (Å²) in [4.78, 5) is 14.8. The molecule has 0 atom stereocenters. The Balaban J connectivity index is 1.79. The van der Waals surface area contributed by atoms with Crippen molar-refractivity contribution in [2.75, 3.05) is 25.9 Å². The highest BCUT2D eigenvalue weighted by Crippen LogP contribution is 2.35. The van der Waals surface area contributed by atoms with Gasteiger partial charge in [-0.15, -0.1) is 0 Å². The average Bonchev–Trinajstić information content (AvgIpc) is 3.32. The molecule has 0 spiro atoms. The molecule has 0 aliphatic heterocycles. The van der Waals surface area contributed by atoms with Crippen molar-refractivity contribution in [3.8, 4) is 5.75 Å². The molecule has 2 saturated carbocycles. The molecule has 3 rings (SSSR count). The standard InChI is InChI=1S/C16H22N2O2/c1-20-15-8-13(17)6-7-14(15)16(19)18(9-11-2-3-11)10-12-4-5-12/h6-8,11-12H,2-5,9-10,17H2,1H3. The van der Waals surface area contributed by atoms with E-state index in [1.165, 1.54) is 25.7 Å². The maximum atomic E-state index is 12.8. The molecule has 1 amide bonds. The number of rotatable bonds is 6. The second-order valence-corrected chi connectivity index (χ2v) is 6.06. The minimum Gasteiger partial charge on any atom is -0.496 e. The molecule has 1 aromatic carbocycles. The van der Waals surface area contributed by atoms with Crippen LogP contribution < -0.4 is 10.5 Å². The van der Waals surface area contributed by atoms with Gasteiger partial charge in [0.2, 0.25) is 0 Å². The minimum absolute atomic E-state index is 0.0839. The first kappa shape index (κ1) is 13.3. The fourth-order valence-corrected chi connectivity index (χ4v) is 2.52. The number of carbonyl (C=O) groups excluding carboxylic acids is 1. The van der Waals surface area contributed by atoms with E-state index in [-0.39, 0.29) is 5.91 Å². The lowest BCUT2D eigenvalue weighted by Crippen LogP contribution is -2.35. The van der Waals surface area contributed by atoms with Gasteiger partial charge >= 0.3 is 0 Å². The topological polar surface area (TPSA) is 55.6 Å². The normalized spacial score (nSPS) is 17.9. The molecule has 0 unspecified atom stereocenters. The Morgan fingerprint density at radius 2 is 1.85 bits per heavy atom. The summed E-state index contributed by atoms with van der Waals surface area (Å²) in [6.45, 7) is 1.78. The van der Waals surface area contributed by atoms with E-state index in [9.17, 15) is 4.79 Å². The smallest absolute Gasteiger partial charge is 0.257 e. The molecule has 4 nitrogen and oxygen atoms in total. The predicted octanol–water partition coefficient (Wildman–Crippen LogP) is 2.54. The minimum atomic E-state index is 0.0839. The van der Waals surface area contributed by atoms with Crippen molar-refractivity contribution >= 4 is 11.6 Å². The van der Waals surface area contributed by atoms with Crippen molar-refractivity contribution in [3.05, 3.63) is 23.8 Å². The summed E-state index contributed by atoms with van der Waals surface area (Å²) in [6.07, 6.45) is 5.03. The van der Waals surface area contributed by atoms with Gasteiger partial charge in [-0.1, -0.05) is 0 Å². The van der Waals surface area contributed by atoms with Crippen LogP contribution in [0.2, 0.25) is 0 Å². The third kappa shape index (κ3) is 3.06. The van der Waals surface area contributed by atoms with E-state index >= 15 is 0 Å². The monoisotopic (exact) mass is 274 g/mol. The van der Waals surface area contributed by atoms with Crippen LogP contribution in [-0.2, 0) is 0 Å². The van der Waals surface area contributed by atoms with Crippen LogP contribution in [0.1, 0.15) is 36.0 Å². The van der Waals surface area contributed by atoms with Gasteiger partial charge in [-0.25, -0.2) is 0 Å². The summed E-state index contributed by atoms with van der Waals surface area (Å²) < 4.78 is 5.31. The summed E-state index contributed by atoms with van der Waals surface area (Å²) >= 11 is 0. The number of nitrogens with zero attached hydrogens (tertiary/aromatic N) is 1. The Labute approximate surface area is 119 Å². The van der Waals surface area contributed by atoms with E-state index in [2.05, 4.69) is 0 Å². The molecule has 0 aromatic heterocycles. The Kier molecular flexibility index (Phi) is 3.55. The molecule has 4 heteroatoms. The lowest BCUT2D eigenvalue weighted by atomic mass is 10.1. The van der Waals surface area contributed by atoms with Crippen LogP contribution in [0.5, 0.6) is 5.75 Å². The molecule has 2 aliphatic carbocycles. The van der Waals surface area contributed by atoms with E-state index in [0.717, 1.165) is 13.1 Å². The van der Waals surface area contributed by atoms with Crippen molar-refractivity contribution in [2.45, 2.75) is 25.7 Å². The molecule has 0 bridgehead atoms. The highest BCUT2D eigenvalue weighted by atomic mass is 16.5. The number of anilines is 1. The number of hydrogen-bond acceptors (Lipinski definition) is 3. The molecular weight excluding hydrogens is 252 g/mol. The van der Waals surface area contributed by atoms with Crippen molar-refractivity contribution in [2.24, 2.45) is 11.8 Å². The summed E-state index contributed by atoms with van der Waals surface area (Å²) in [5.74, 6) is 2.07. The lowest BCUT2D eigenvalue weighted by Gasteiger charge is -2.23. The summed E-state index contributed by atoms with van der Waals surface area (Å²) in [5.41, 5.74) is 7.00. The zero-order valence-corrected chi connectivity index (χ0v) is 12.0. The molecular formula is C16H22N2O2. The molecule has 1 aromatic rings. The van der Waals surface area contributed by atoms with E-state index in [1.54, 1.807) is 25.3 Å². The largest absolute Gasteiger partial charge is 0.496 e. The number of nitrogen functional groups attached to an aromatic ring is 1. The van der Waals surface area contributed by atoms with Gasteiger partial charge in [0.25, 0.3) is 5.91 Å². The molecule has 2 aliphatic rings. The van der Waals surface area contributed by atoms with Crippen LogP contribution in [0, 0.1) is 11.8 Å². The van der Waals surface area contributed by atoms with Crippen LogP contribution in [0.25, 0.3) is 0 Å². The fraction of sp³-hybridized carbons (Fsp3) is 0.562. The number of hydrogen-bond donors (Lipinski definition) is 1. The maximum absolute atomic E-state index is 12.8. The number of ether oxygens (including phenoxy) is 1. The van der Waals surface area contributed by atoms with Gasteiger partial charge in [0, 0.05) is 24.8 Å². The average molecular weight is 274 g/mol. The number of nitrogens with two attached hydrogens (primary N) is 1. The van der Waals surface area contributed by atoms with E-state index in [4.69, 9.17) is 10.5 Å². The number of methoxy groups -OCH3 is 1. The van der Waals surface area contributed by atoms with Gasteiger partial charge in [-0.3, -0.25) is 4.79 Å². The van der Waals surface area contributed by atoms with Crippen LogP contribution in [0.4, 0.5) is 5.69 Å². The Morgan fingerprint density at radius 1 is 1.25 bits per heavy atom. The van der Waals surface area contributed by atoms with E-state index in [0.29, 0.717) is 28.8 Å². The van der Waals surface area contributed by atoms with Crippen molar-refractivity contribution in [1.82, 2.24) is 4.90 Å². The summed E-state index contributed by atoms with van der Waals surface area (Å²) in [5, 5.41) is 0. The third-order valence-corrected chi connectivity index (χ3v) is 4.09. The first-order valence-corrected chi connectivity index (χ1v) is 7.40. The lowest BCUT2D eigenvalue weighted by molar-refractivity contribution is 0.0736. The van der Waals surface area contributed by atoms with Gasteiger partial charge < -0.3 is 15.4 Å². The Bertz CT molecular complexity index is 493. The zero-order valence-electron chi connectivity index (χ0n) is 12.0. The Morgan fingerprint density at radius 3 is 2.35 bits per heavy atom. The molecule has 2 N–H and O–H groups in total. The van der Waals surface area contributed by atoms with Gasteiger partial charge in [-0.05, 0) is 49.7 Å². The highest BCUT2D eigenvalue weighted by Gasteiger charge is 2.32. The fourth-order valence-electron chi connectivity index (χ4n) is 2.52. The van der Waals surface area contributed by atoms with Crippen LogP contribution in [-0.4, -0.2) is 31.0 Å². The molecule has 2 fully saturated rings. The second kappa shape index (κ2) is 5.35. The van der Waals surface area contributed by atoms with E-state index in [1.807, 2.05) is 4.90 Å². The summed E-state index contributed by atoms with van der Waals surface area (Å²) in [6, 6.07) is 5.27. The number of benzene rings is 1.